The molecule has 0 N–H and O–H groups in total. The van der Waals surface area contributed by atoms with Crippen molar-refractivity contribution in [2.24, 2.45) is 0 Å². The van der Waals surface area contributed by atoms with Crippen molar-refractivity contribution in [2.75, 3.05) is 32.8 Å². The lowest BCUT2D eigenvalue weighted by atomic mass is 9.96. The quantitative estimate of drug-likeness (QED) is 0.748. The predicted octanol–water partition coefficient (Wildman–Crippen LogP) is 2.11. The molecule has 0 radical (unpaired) electrons. The molecule has 0 spiro atoms. The van der Waals surface area contributed by atoms with Crippen LogP contribution in [-0.4, -0.2) is 60.8 Å². The van der Waals surface area contributed by atoms with Crippen molar-refractivity contribution in [1.29, 1.82) is 0 Å². The van der Waals surface area contributed by atoms with Gasteiger partial charge in [-0.2, -0.15) is 0 Å². The van der Waals surface area contributed by atoms with E-state index < -0.39 is 0 Å². The van der Waals surface area contributed by atoms with Crippen LogP contribution in [0.3, 0.4) is 0 Å². The van der Waals surface area contributed by atoms with Gasteiger partial charge in [-0.15, -0.1) is 0 Å². The molecule has 0 aliphatic carbocycles. The van der Waals surface area contributed by atoms with Crippen LogP contribution in [-0.2, 0) is 4.74 Å². The number of nitrogens with zero attached hydrogens (tertiary/aromatic N) is 2. The third-order valence-corrected chi connectivity index (χ3v) is 5.03. The van der Waals surface area contributed by atoms with Gasteiger partial charge in [-0.1, -0.05) is 6.42 Å². The number of fused-ring (bicyclic) bond motifs is 1. The highest BCUT2D eigenvalue weighted by molar-refractivity contribution is 4.90. The highest BCUT2D eigenvalue weighted by Crippen LogP contribution is 2.25. The number of rotatable bonds is 2. The fourth-order valence-corrected chi connectivity index (χ4v) is 3.88. The van der Waals surface area contributed by atoms with E-state index in [2.05, 4.69) is 16.7 Å². The van der Waals surface area contributed by atoms with E-state index in [4.69, 9.17) is 4.74 Å². The summed E-state index contributed by atoms with van der Waals surface area (Å²) < 4.78 is 5.91. The van der Waals surface area contributed by atoms with Crippen molar-refractivity contribution in [2.45, 2.75) is 63.6 Å². The molecule has 3 unspecified atom stereocenters. The average molecular weight is 252 g/mol. The molecule has 0 aromatic carbocycles. The molecule has 0 saturated carbocycles. The molecule has 18 heavy (non-hydrogen) atoms. The fraction of sp³-hybridized carbons (Fsp3) is 1.00. The van der Waals surface area contributed by atoms with Gasteiger partial charge >= 0.3 is 0 Å². The van der Waals surface area contributed by atoms with Crippen molar-refractivity contribution in [3.8, 4) is 0 Å². The van der Waals surface area contributed by atoms with Crippen LogP contribution in [0.2, 0.25) is 0 Å². The van der Waals surface area contributed by atoms with Gasteiger partial charge in [0.25, 0.3) is 0 Å². The number of hydrogen-bond donors (Lipinski definition) is 0. The molecule has 3 aliphatic heterocycles. The minimum Gasteiger partial charge on any atom is -0.377 e. The van der Waals surface area contributed by atoms with Crippen molar-refractivity contribution < 1.29 is 4.74 Å². The van der Waals surface area contributed by atoms with Crippen molar-refractivity contribution in [1.82, 2.24) is 9.80 Å². The highest BCUT2D eigenvalue weighted by Gasteiger charge is 2.34. The molecule has 3 atom stereocenters. The maximum absolute atomic E-state index is 5.91. The van der Waals surface area contributed by atoms with Crippen LogP contribution in [0.5, 0.6) is 0 Å². The van der Waals surface area contributed by atoms with Gasteiger partial charge in [0.1, 0.15) is 0 Å². The normalized spacial score (nSPS) is 39.5. The molecule has 3 heteroatoms. The Bertz CT molecular complexity index is 263. The summed E-state index contributed by atoms with van der Waals surface area (Å²) in [6.45, 7) is 8.45. The summed E-state index contributed by atoms with van der Waals surface area (Å²) in [6.07, 6.45) is 8.67. The molecule has 0 bridgehead atoms. The molecule has 104 valence electrons. The first-order valence-corrected chi connectivity index (χ1v) is 7.92. The average Bonchev–Trinajstić information content (AvgIpc) is 2.41. The Balaban J connectivity index is 1.54. The molecule has 0 amide bonds. The molecular formula is C15H28N2O. The predicted molar refractivity (Wildman–Crippen MR) is 73.8 cm³/mol. The van der Waals surface area contributed by atoms with Crippen LogP contribution in [0, 0.1) is 0 Å². The largest absolute Gasteiger partial charge is 0.377 e. The van der Waals surface area contributed by atoms with Crippen LogP contribution in [0.1, 0.15) is 45.4 Å². The summed E-state index contributed by atoms with van der Waals surface area (Å²) >= 11 is 0. The number of ether oxygens (including phenoxy) is 1. The Labute approximate surface area is 111 Å². The Hall–Kier alpha value is -0.120. The smallest absolute Gasteiger partial charge is 0.0702 e. The minimum atomic E-state index is 0.511. The molecule has 3 heterocycles. The second-order valence-corrected chi connectivity index (χ2v) is 6.44. The molecular weight excluding hydrogens is 224 g/mol. The van der Waals surface area contributed by atoms with Gasteiger partial charge < -0.3 is 4.74 Å². The van der Waals surface area contributed by atoms with Crippen molar-refractivity contribution in [3.63, 3.8) is 0 Å². The van der Waals surface area contributed by atoms with E-state index in [0.717, 1.165) is 12.6 Å². The van der Waals surface area contributed by atoms with E-state index in [9.17, 15) is 0 Å². The summed E-state index contributed by atoms with van der Waals surface area (Å²) in [6, 6.07) is 1.54. The van der Waals surface area contributed by atoms with Gasteiger partial charge in [0.2, 0.25) is 0 Å². The van der Waals surface area contributed by atoms with Crippen LogP contribution in [0.25, 0.3) is 0 Å². The molecule has 3 saturated heterocycles. The lowest BCUT2D eigenvalue weighted by Crippen LogP contribution is -2.59. The lowest BCUT2D eigenvalue weighted by Gasteiger charge is -2.48. The van der Waals surface area contributed by atoms with Gasteiger partial charge in [0.05, 0.1) is 6.10 Å². The van der Waals surface area contributed by atoms with Gasteiger partial charge in [-0.3, -0.25) is 9.80 Å². The molecule has 3 fully saturated rings. The first kappa shape index (κ1) is 12.9. The minimum absolute atomic E-state index is 0.511. The third kappa shape index (κ3) is 2.89. The van der Waals surface area contributed by atoms with Gasteiger partial charge in [0, 0.05) is 38.3 Å². The topological polar surface area (TPSA) is 15.7 Å². The molecule has 3 nitrogen and oxygen atoms in total. The summed E-state index contributed by atoms with van der Waals surface area (Å²) in [5.41, 5.74) is 0. The monoisotopic (exact) mass is 252 g/mol. The van der Waals surface area contributed by atoms with E-state index in [0.29, 0.717) is 12.1 Å². The van der Waals surface area contributed by atoms with E-state index in [1.807, 2.05) is 0 Å². The Morgan fingerprint density at radius 1 is 1.06 bits per heavy atom. The maximum Gasteiger partial charge on any atom is 0.0702 e. The van der Waals surface area contributed by atoms with Crippen molar-refractivity contribution >= 4 is 0 Å². The zero-order valence-corrected chi connectivity index (χ0v) is 11.8. The summed E-state index contributed by atoms with van der Waals surface area (Å²) in [5.74, 6) is 0. The van der Waals surface area contributed by atoms with Gasteiger partial charge in [0.15, 0.2) is 0 Å². The van der Waals surface area contributed by atoms with Gasteiger partial charge in [-0.05, 0) is 45.6 Å². The second kappa shape index (κ2) is 5.89. The fourth-order valence-electron chi connectivity index (χ4n) is 3.88. The van der Waals surface area contributed by atoms with E-state index in [1.54, 1.807) is 0 Å². The first-order valence-electron chi connectivity index (χ1n) is 7.92. The lowest BCUT2D eigenvalue weighted by molar-refractivity contribution is -0.0437. The molecule has 0 aromatic rings. The molecule has 3 rings (SSSR count). The zero-order valence-electron chi connectivity index (χ0n) is 11.8. The summed E-state index contributed by atoms with van der Waals surface area (Å²) in [4.78, 5) is 5.43. The van der Waals surface area contributed by atoms with E-state index in [-0.39, 0.29) is 0 Å². The second-order valence-electron chi connectivity index (χ2n) is 6.44. The van der Waals surface area contributed by atoms with Crippen LogP contribution < -0.4 is 0 Å². The summed E-state index contributed by atoms with van der Waals surface area (Å²) in [7, 11) is 0. The van der Waals surface area contributed by atoms with E-state index in [1.165, 1.54) is 64.7 Å². The summed E-state index contributed by atoms with van der Waals surface area (Å²) in [5, 5.41) is 0. The van der Waals surface area contributed by atoms with Gasteiger partial charge in [-0.25, -0.2) is 0 Å². The molecule has 3 aliphatic rings. The SMILES string of the molecule is CC1CN2CCCCC2CN1CC1CCCCO1. The van der Waals surface area contributed by atoms with Crippen LogP contribution in [0.4, 0.5) is 0 Å². The number of piperazine rings is 1. The highest BCUT2D eigenvalue weighted by atomic mass is 16.5. The standard InChI is InChI=1S/C15H28N2O/c1-13-10-16-8-4-2-6-14(16)11-17(13)12-15-7-3-5-9-18-15/h13-15H,2-12H2,1H3. The number of piperidine rings is 1. The van der Waals surface area contributed by atoms with E-state index >= 15 is 0 Å². The number of hydrogen-bond acceptors (Lipinski definition) is 3. The van der Waals surface area contributed by atoms with Crippen molar-refractivity contribution in [3.05, 3.63) is 0 Å². The van der Waals surface area contributed by atoms with Crippen LogP contribution in [0.15, 0.2) is 0 Å². The molecule has 0 aromatic heterocycles. The maximum atomic E-state index is 5.91. The Morgan fingerprint density at radius 3 is 2.78 bits per heavy atom. The van der Waals surface area contributed by atoms with Crippen LogP contribution >= 0.6 is 0 Å². The Morgan fingerprint density at radius 2 is 1.94 bits per heavy atom. The zero-order chi connectivity index (χ0) is 12.4. The Kier molecular flexibility index (Phi) is 4.22. The third-order valence-electron chi connectivity index (χ3n) is 5.03. The first-order chi connectivity index (χ1) is 8.83.